The van der Waals surface area contributed by atoms with Gasteiger partial charge in [0.15, 0.2) is 5.82 Å². The summed E-state index contributed by atoms with van der Waals surface area (Å²) in [7, 11) is 0. The number of aromatic nitrogens is 2. The van der Waals surface area contributed by atoms with E-state index in [4.69, 9.17) is 4.52 Å². The Hall–Kier alpha value is -1.39. The molecule has 1 amide bonds. The molecule has 0 aliphatic heterocycles. The van der Waals surface area contributed by atoms with Crippen LogP contribution in [0, 0.1) is 11.8 Å². The number of carbonyl (C=O) groups excluding carboxylic acids is 1. The number of amides is 1. The van der Waals surface area contributed by atoms with Crippen LogP contribution in [0.25, 0.3) is 0 Å². The topological polar surface area (TPSA) is 68.0 Å². The Morgan fingerprint density at radius 3 is 2.77 bits per heavy atom. The van der Waals surface area contributed by atoms with E-state index in [0.717, 1.165) is 24.1 Å². The summed E-state index contributed by atoms with van der Waals surface area (Å²) in [5.74, 6) is 3.89. The number of carbonyl (C=O) groups is 1. The third-order valence-electron chi connectivity index (χ3n) is 5.36. The first kappa shape index (κ1) is 14.2. The monoisotopic (exact) mass is 303 g/mol. The van der Waals surface area contributed by atoms with Crippen LogP contribution < -0.4 is 5.32 Å². The summed E-state index contributed by atoms with van der Waals surface area (Å²) >= 11 is 0. The van der Waals surface area contributed by atoms with Crippen LogP contribution in [0.1, 0.15) is 75.4 Å². The predicted octanol–water partition coefficient (Wildman–Crippen LogP) is 2.96. The molecule has 1 heterocycles. The predicted molar refractivity (Wildman–Crippen MR) is 81.2 cm³/mol. The molecule has 1 aromatic rings. The molecular formula is C17H25N3O2. The molecule has 0 saturated heterocycles. The molecule has 0 unspecified atom stereocenters. The zero-order valence-corrected chi connectivity index (χ0v) is 13.1. The van der Waals surface area contributed by atoms with Gasteiger partial charge in [0.25, 0.3) is 0 Å². The highest BCUT2D eigenvalue weighted by atomic mass is 16.5. The van der Waals surface area contributed by atoms with Crippen molar-refractivity contribution < 1.29 is 9.32 Å². The molecule has 0 spiro atoms. The Kier molecular flexibility index (Phi) is 3.89. The van der Waals surface area contributed by atoms with Crippen molar-refractivity contribution >= 4 is 5.91 Å². The van der Waals surface area contributed by atoms with Crippen molar-refractivity contribution in [1.29, 1.82) is 0 Å². The molecule has 0 bridgehead atoms. The van der Waals surface area contributed by atoms with Gasteiger partial charge in [0.1, 0.15) is 0 Å². The van der Waals surface area contributed by atoms with Crippen LogP contribution in [0.5, 0.6) is 0 Å². The molecule has 2 atom stereocenters. The van der Waals surface area contributed by atoms with E-state index in [1.54, 1.807) is 0 Å². The highest BCUT2D eigenvalue weighted by Gasteiger charge is 2.35. The summed E-state index contributed by atoms with van der Waals surface area (Å²) in [6, 6.07) is 0.386. The molecule has 22 heavy (non-hydrogen) atoms. The number of hydrogen-bond donors (Lipinski definition) is 1. The van der Waals surface area contributed by atoms with Crippen LogP contribution in [0.3, 0.4) is 0 Å². The van der Waals surface area contributed by atoms with E-state index in [1.165, 1.54) is 44.9 Å². The van der Waals surface area contributed by atoms with Crippen LogP contribution >= 0.6 is 0 Å². The Bertz CT molecular complexity index is 534. The minimum Gasteiger partial charge on any atom is -0.353 e. The Labute approximate surface area is 131 Å². The lowest BCUT2D eigenvalue weighted by atomic mass is 9.82. The van der Waals surface area contributed by atoms with Crippen LogP contribution in [-0.4, -0.2) is 22.1 Å². The normalized spacial score (nSPS) is 28.5. The second-order valence-electron chi connectivity index (χ2n) is 7.35. The molecule has 4 rings (SSSR count). The molecular weight excluding hydrogens is 278 g/mol. The highest BCUT2D eigenvalue weighted by molar-refractivity contribution is 5.76. The van der Waals surface area contributed by atoms with Crippen LogP contribution in [0.15, 0.2) is 4.52 Å². The van der Waals surface area contributed by atoms with E-state index in [2.05, 4.69) is 15.5 Å². The van der Waals surface area contributed by atoms with Gasteiger partial charge < -0.3 is 9.84 Å². The van der Waals surface area contributed by atoms with Crippen molar-refractivity contribution in [2.75, 3.05) is 0 Å². The van der Waals surface area contributed by atoms with Crippen molar-refractivity contribution in [3.8, 4) is 0 Å². The Balaban J connectivity index is 1.21. The van der Waals surface area contributed by atoms with Gasteiger partial charge in [0.2, 0.25) is 11.8 Å². The first-order valence-electron chi connectivity index (χ1n) is 8.90. The van der Waals surface area contributed by atoms with Gasteiger partial charge in [-0.15, -0.1) is 0 Å². The fraction of sp³-hybridized carbons (Fsp3) is 0.824. The minimum absolute atomic E-state index is 0.132. The Morgan fingerprint density at radius 1 is 1.14 bits per heavy atom. The number of aryl methyl sites for hydroxylation is 1. The number of rotatable bonds is 6. The van der Waals surface area contributed by atoms with Crippen molar-refractivity contribution in [2.24, 2.45) is 11.8 Å². The second kappa shape index (κ2) is 6.01. The van der Waals surface area contributed by atoms with E-state index in [0.29, 0.717) is 30.7 Å². The molecule has 3 aliphatic carbocycles. The lowest BCUT2D eigenvalue weighted by Crippen LogP contribution is -2.38. The molecule has 120 valence electrons. The minimum atomic E-state index is 0.132. The summed E-state index contributed by atoms with van der Waals surface area (Å²) in [6.07, 6.45) is 11.1. The summed E-state index contributed by atoms with van der Waals surface area (Å²) < 4.78 is 5.22. The van der Waals surface area contributed by atoms with Gasteiger partial charge in [0, 0.05) is 24.8 Å². The van der Waals surface area contributed by atoms with Gasteiger partial charge in [-0.1, -0.05) is 18.0 Å². The van der Waals surface area contributed by atoms with E-state index < -0.39 is 0 Å². The SMILES string of the molecule is O=C(CCc1nc(C2CC2)no1)N[C@@H]1CCC[C@@H](C2CC2)C1. The first-order valence-corrected chi connectivity index (χ1v) is 8.90. The number of hydrogen-bond acceptors (Lipinski definition) is 4. The van der Waals surface area contributed by atoms with Crippen molar-refractivity contribution in [3.05, 3.63) is 11.7 Å². The molecule has 0 aromatic carbocycles. The fourth-order valence-electron chi connectivity index (χ4n) is 3.75. The van der Waals surface area contributed by atoms with Gasteiger partial charge in [-0.3, -0.25) is 4.79 Å². The zero-order valence-electron chi connectivity index (χ0n) is 13.1. The smallest absolute Gasteiger partial charge is 0.227 e. The Morgan fingerprint density at radius 2 is 2.00 bits per heavy atom. The van der Waals surface area contributed by atoms with Crippen LogP contribution in [-0.2, 0) is 11.2 Å². The molecule has 5 nitrogen and oxygen atoms in total. The average Bonchev–Trinajstić information content (AvgIpc) is 3.44. The lowest BCUT2D eigenvalue weighted by molar-refractivity contribution is -0.122. The summed E-state index contributed by atoms with van der Waals surface area (Å²) in [5, 5.41) is 7.21. The quantitative estimate of drug-likeness (QED) is 0.877. The average molecular weight is 303 g/mol. The summed E-state index contributed by atoms with van der Waals surface area (Å²) in [5.41, 5.74) is 0. The highest BCUT2D eigenvalue weighted by Crippen LogP contribution is 2.43. The van der Waals surface area contributed by atoms with Gasteiger partial charge in [-0.25, -0.2) is 0 Å². The molecule has 3 fully saturated rings. The largest absolute Gasteiger partial charge is 0.353 e. The molecule has 0 radical (unpaired) electrons. The van der Waals surface area contributed by atoms with E-state index in [1.807, 2.05) is 0 Å². The molecule has 1 N–H and O–H groups in total. The second-order valence-corrected chi connectivity index (χ2v) is 7.35. The van der Waals surface area contributed by atoms with E-state index in [-0.39, 0.29) is 5.91 Å². The van der Waals surface area contributed by atoms with Gasteiger partial charge in [-0.2, -0.15) is 4.98 Å². The van der Waals surface area contributed by atoms with Gasteiger partial charge >= 0.3 is 0 Å². The zero-order chi connectivity index (χ0) is 14.9. The maximum absolute atomic E-state index is 12.1. The standard InChI is InChI=1S/C17H25N3O2/c21-15(8-9-16-19-17(20-22-16)12-6-7-12)18-14-3-1-2-13(10-14)11-4-5-11/h11-14H,1-10H2,(H,18,21)/t13-,14-/m1/s1. The summed E-state index contributed by atoms with van der Waals surface area (Å²) in [6.45, 7) is 0. The molecule has 1 aromatic heterocycles. The number of nitrogens with zero attached hydrogens (tertiary/aromatic N) is 2. The van der Waals surface area contributed by atoms with Crippen molar-refractivity contribution in [3.63, 3.8) is 0 Å². The summed E-state index contributed by atoms with van der Waals surface area (Å²) in [4.78, 5) is 16.5. The van der Waals surface area contributed by atoms with Crippen LogP contribution in [0.4, 0.5) is 0 Å². The van der Waals surface area contributed by atoms with Crippen LogP contribution in [0.2, 0.25) is 0 Å². The molecule has 3 aliphatic rings. The molecule has 3 saturated carbocycles. The number of nitrogens with one attached hydrogen (secondary N) is 1. The third kappa shape index (κ3) is 3.50. The van der Waals surface area contributed by atoms with Crippen molar-refractivity contribution in [1.82, 2.24) is 15.5 Å². The maximum Gasteiger partial charge on any atom is 0.227 e. The van der Waals surface area contributed by atoms with Crippen molar-refractivity contribution in [2.45, 2.75) is 76.2 Å². The first-order chi connectivity index (χ1) is 10.8. The van der Waals surface area contributed by atoms with E-state index >= 15 is 0 Å². The van der Waals surface area contributed by atoms with Gasteiger partial charge in [-0.05, 0) is 50.4 Å². The fourth-order valence-corrected chi connectivity index (χ4v) is 3.75. The lowest BCUT2D eigenvalue weighted by Gasteiger charge is -2.29. The maximum atomic E-state index is 12.1. The third-order valence-corrected chi connectivity index (χ3v) is 5.36. The molecule has 5 heteroatoms. The van der Waals surface area contributed by atoms with E-state index in [9.17, 15) is 4.79 Å². The van der Waals surface area contributed by atoms with Gasteiger partial charge in [0.05, 0.1) is 0 Å².